The molecule has 0 saturated carbocycles. The molecule has 3 rings (SSSR count). The molecule has 1 saturated heterocycles. The van der Waals surface area contributed by atoms with Gasteiger partial charge >= 0.3 is 0 Å². The van der Waals surface area contributed by atoms with Crippen LogP contribution in [0, 0.1) is 0 Å². The van der Waals surface area contributed by atoms with Crippen molar-refractivity contribution in [3.63, 3.8) is 0 Å². The molecule has 0 radical (unpaired) electrons. The average molecular weight is 484 g/mol. The van der Waals surface area contributed by atoms with Gasteiger partial charge in [-0.05, 0) is 38.3 Å². The van der Waals surface area contributed by atoms with Gasteiger partial charge in [-0.15, -0.1) is 24.0 Å². The maximum atomic E-state index is 5.74. The van der Waals surface area contributed by atoms with Crippen molar-refractivity contribution in [2.75, 3.05) is 26.2 Å². The van der Waals surface area contributed by atoms with Crippen molar-refractivity contribution in [3.8, 4) is 5.82 Å². The number of nitrogens with one attached hydrogen (secondary N) is 1. The van der Waals surface area contributed by atoms with E-state index in [9.17, 15) is 0 Å². The van der Waals surface area contributed by atoms with Crippen LogP contribution in [0.15, 0.2) is 42.0 Å². The molecule has 3 heterocycles. The summed E-state index contributed by atoms with van der Waals surface area (Å²) in [5, 5.41) is 3.41. The zero-order chi connectivity index (χ0) is 18.2. The number of imidazole rings is 1. The van der Waals surface area contributed by atoms with Crippen molar-refractivity contribution < 1.29 is 4.74 Å². The second kappa shape index (κ2) is 11.2. The highest BCUT2D eigenvalue weighted by atomic mass is 127. The van der Waals surface area contributed by atoms with Gasteiger partial charge in [0.15, 0.2) is 5.96 Å². The lowest BCUT2D eigenvalue weighted by Crippen LogP contribution is -2.47. The lowest BCUT2D eigenvalue weighted by Gasteiger charge is -2.34. The number of aromatic nitrogens is 3. The minimum Gasteiger partial charge on any atom is -0.378 e. The van der Waals surface area contributed by atoms with E-state index in [1.54, 1.807) is 12.5 Å². The number of nitrogens with zero attached hydrogens (tertiary/aromatic N) is 5. The minimum absolute atomic E-state index is 0. The summed E-state index contributed by atoms with van der Waals surface area (Å²) >= 11 is 0. The average Bonchev–Trinajstić information content (AvgIpc) is 3.21. The summed E-state index contributed by atoms with van der Waals surface area (Å²) in [6.07, 6.45) is 9.75. The van der Waals surface area contributed by atoms with Gasteiger partial charge in [0.2, 0.25) is 0 Å². The van der Waals surface area contributed by atoms with Crippen molar-refractivity contribution in [1.82, 2.24) is 24.8 Å². The first kappa shape index (κ1) is 21.6. The van der Waals surface area contributed by atoms with E-state index in [0.29, 0.717) is 12.6 Å². The van der Waals surface area contributed by atoms with Crippen molar-refractivity contribution in [3.05, 3.63) is 42.6 Å². The molecule has 2 aromatic heterocycles. The van der Waals surface area contributed by atoms with Crippen LogP contribution in [0.25, 0.3) is 5.82 Å². The van der Waals surface area contributed by atoms with Crippen LogP contribution in [-0.2, 0) is 11.3 Å². The largest absolute Gasteiger partial charge is 0.378 e. The van der Waals surface area contributed by atoms with Crippen LogP contribution < -0.4 is 5.32 Å². The van der Waals surface area contributed by atoms with Crippen LogP contribution >= 0.6 is 24.0 Å². The number of guanidine groups is 1. The van der Waals surface area contributed by atoms with E-state index < -0.39 is 0 Å². The van der Waals surface area contributed by atoms with Gasteiger partial charge in [-0.3, -0.25) is 4.57 Å². The predicted octanol–water partition coefficient (Wildman–Crippen LogP) is 2.85. The number of ether oxygens (including phenoxy) is 1. The molecule has 0 unspecified atom stereocenters. The Morgan fingerprint density at radius 1 is 1.30 bits per heavy atom. The normalized spacial score (nSPS) is 15.5. The molecule has 0 spiro atoms. The highest BCUT2D eigenvalue weighted by molar-refractivity contribution is 14.0. The predicted molar refractivity (Wildman–Crippen MR) is 118 cm³/mol. The number of piperidine rings is 1. The quantitative estimate of drug-likeness (QED) is 0.388. The van der Waals surface area contributed by atoms with Gasteiger partial charge in [-0.25, -0.2) is 15.0 Å². The molecular weight excluding hydrogens is 455 g/mol. The van der Waals surface area contributed by atoms with E-state index in [0.717, 1.165) is 56.4 Å². The molecule has 0 atom stereocenters. The molecule has 0 amide bonds. The van der Waals surface area contributed by atoms with E-state index >= 15 is 0 Å². The fourth-order valence-electron chi connectivity index (χ4n) is 3.12. The fourth-order valence-corrected chi connectivity index (χ4v) is 3.12. The Hall–Kier alpha value is -1.68. The van der Waals surface area contributed by atoms with Crippen molar-refractivity contribution >= 4 is 29.9 Å². The van der Waals surface area contributed by atoms with Gasteiger partial charge in [-0.2, -0.15) is 0 Å². The molecule has 0 bridgehead atoms. The van der Waals surface area contributed by atoms with Gasteiger partial charge in [0, 0.05) is 44.8 Å². The summed E-state index contributed by atoms with van der Waals surface area (Å²) in [5.41, 5.74) is 1.09. The third-order valence-electron chi connectivity index (χ3n) is 4.47. The Kier molecular flexibility index (Phi) is 8.99. The standard InChI is InChI=1S/C19H28N6O.HI/c1-3-21-19(24-10-7-17(8-11-24)26-4-2)23-14-16-5-6-18(22-13-16)25-12-9-20-15-25;/h5-6,9,12-13,15,17H,3-4,7-8,10-11,14H2,1-2H3,(H,21,23);1H. The first-order valence-corrected chi connectivity index (χ1v) is 9.38. The molecule has 1 aliphatic heterocycles. The number of pyridine rings is 1. The Balaban J connectivity index is 0.00000261. The molecule has 2 aromatic rings. The third-order valence-corrected chi connectivity index (χ3v) is 4.47. The molecule has 148 valence electrons. The van der Waals surface area contributed by atoms with E-state index in [-0.39, 0.29) is 24.0 Å². The van der Waals surface area contributed by atoms with E-state index in [4.69, 9.17) is 9.73 Å². The number of aliphatic imine (C=N–C) groups is 1. The van der Waals surface area contributed by atoms with Crippen molar-refractivity contribution in [2.24, 2.45) is 4.99 Å². The van der Waals surface area contributed by atoms with Crippen LogP contribution in [-0.4, -0.2) is 57.7 Å². The Morgan fingerprint density at radius 2 is 2.11 bits per heavy atom. The van der Waals surface area contributed by atoms with E-state index in [1.807, 2.05) is 23.0 Å². The second-order valence-electron chi connectivity index (χ2n) is 6.31. The van der Waals surface area contributed by atoms with Crippen molar-refractivity contribution in [1.29, 1.82) is 0 Å². The molecule has 8 heteroatoms. The SMILES string of the molecule is CCNC(=NCc1ccc(-n2ccnc2)nc1)N1CCC(OCC)CC1.I. The van der Waals surface area contributed by atoms with Crippen LogP contribution in [0.2, 0.25) is 0 Å². The lowest BCUT2D eigenvalue weighted by molar-refractivity contribution is 0.0263. The van der Waals surface area contributed by atoms with Crippen LogP contribution in [0.5, 0.6) is 0 Å². The van der Waals surface area contributed by atoms with E-state index in [1.165, 1.54) is 0 Å². The monoisotopic (exact) mass is 484 g/mol. The minimum atomic E-state index is 0. The lowest BCUT2D eigenvalue weighted by atomic mass is 10.1. The Labute approximate surface area is 178 Å². The summed E-state index contributed by atoms with van der Waals surface area (Å²) in [7, 11) is 0. The molecule has 1 fully saturated rings. The van der Waals surface area contributed by atoms with Crippen LogP contribution in [0.3, 0.4) is 0 Å². The molecular formula is C19H29IN6O. The van der Waals surface area contributed by atoms with Gasteiger partial charge in [0.25, 0.3) is 0 Å². The smallest absolute Gasteiger partial charge is 0.194 e. The van der Waals surface area contributed by atoms with E-state index in [2.05, 4.69) is 40.1 Å². The van der Waals surface area contributed by atoms with Crippen LogP contribution in [0.4, 0.5) is 0 Å². The summed E-state index contributed by atoms with van der Waals surface area (Å²) in [6.45, 7) is 8.39. The van der Waals surface area contributed by atoms with Crippen LogP contribution in [0.1, 0.15) is 32.3 Å². The number of rotatable bonds is 6. The summed E-state index contributed by atoms with van der Waals surface area (Å²) in [5.74, 6) is 1.83. The number of likely N-dealkylation sites (tertiary alicyclic amines) is 1. The van der Waals surface area contributed by atoms with Gasteiger partial charge < -0.3 is 15.0 Å². The number of hydrogen-bond acceptors (Lipinski definition) is 4. The number of hydrogen-bond donors (Lipinski definition) is 1. The summed E-state index contributed by atoms with van der Waals surface area (Å²) < 4.78 is 7.63. The molecule has 1 N–H and O–H groups in total. The fraction of sp³-hybridized carbons (Fsp3) is 0.526. The molecule has 7 nitrogen and oxygen atoms in total. The molecule has 27 heavy (non-hydrogen) atoms. The maximum absolute atomic E-state index is 5.74. The zero-order valence-corrected chi connectivity index (χ0v) is 18.4. The highest BCUT2D eigenvalue weighted by Gasteiger charge is 2.21. The molecule has 0 aromatic carbocycles. The summed E-state index contributed by atoms with van der Waals surface area (Å²) in [6, 6.07) is 4.06. The zero-order valence-electron chi connectivity index (χ0n) is 16.0. The third kappa shape index (κ3) is 6.17. The molecule has 0 aliphatic carbocycles. The first-order chi connectivity index (χ1) is 12.8. The highest BCUT2D eigenvalue weighted by Crippen LogP contribution is 2.14. The maximum Gasteiger partial charge on any atom is 0.194 e. The van der Waals surface area contributed by atoms with Crippen molar-refractivity contribution in [2.45, 2.75) is 39.3 Å². The molecule has 1 aliphatic rings. The van der Waals surface area contributed by atoms with Gasteiger partial charge in [0.1, 0.15) is 12.1 Å². The topological polar surface area (TPSA) is 67.6 Å². The van der Waals surface area contributed by atoms with Gasteiger partial charge in [-0.1, -0.05) is 6.07 Å². The first-order valence-electron chi connectivity index (χ1n) is 9.38. The second-order valence-corrected chi connectivity index (χ2v) is 6.31. The summed E-state index contributed by atoms with van der Waals surface area (Å²) in [4.78, 5) is 15.7. The Morgan fingerprint density at radius 3 is 2.70 bits per heavy atom. The van der Waals surface area contributed by atoms with Gasteiger partial charge in [0.05, 0.1) is 12.6 Å². The number of halogens is 1. The Bertz CT molecular complexity index is 681.